The fourth-order valence-corrected chi connectivity index (χ4v) is 3.72. The van der Waals surface area contributed by atoms with Gasteiger partial charge in [-0.25, -0.2) is 5.48 Å². The van der Waals surface area contributed by atoms with E-state index in [0.717, 1.165) is 12.1 Å². The van der Waals surface area contributed by atoms with E-state index in [9.17, 15) is 40.2 Å². The van der Waals surface area contributed by atoms with Gasteiger partial charge in [-0.2, -0.15) is 0 Å². The summed E-state index contributed by atoms with van der Waals surface area (Å²) in [7, 11) is 1.41. The lowest BCUT2D eigenvalue weighted by Crippen LogP contribution is -2.62. The molecule has 204 valence electrons. The number of aliphatic hydroxyl groups excluding tert-OH is 3. The number of nitrogens with one attached hydrogen (secondary N) is 1. The molecule has 1 amide bonds. The number of carbonyl (C=O) groups is 1. The summed E-state index contributed by atoms with van der Waals surface area (Å²) < 4.78 is 21.2. The first-order valence-corrected chi connectivity index (χ1v) is 11.2. The molecule has 1 aliphatic rings. The van der Waals surface area contributed by atoms with Crippen LogP contribution in [0.25, 0.3) is 22.3 Å². The van der Waals surface area contributed by atoms with Crippen molar-refractivity contribution in [1.29, 1.82) is 0 Å². The Labute approximate surface area is 213 Å². The number of amides is 1. The number of hydrogen-bond donors (Lipinski definition) is 7. The minimum absolute atomic E-state index is 0.0120. The normalized spacial score (nSPS) is 23.3. The van der Waals surface area contributed by atoms with Crippen LogP contribution in [0.2, 0.25) is 0 Å². The Morgan fingerprint density at radius 1 is 0.974 bits per heavy atom. The number of aliphatic hydroxyl groups is 3. The van der Waals surface area contributed by atoms with Gasteiger partial charge < -0.3 is 49.3 Å². The first-order chi connectivity index (χ1) is 18.1. The molecule has 0 saturated carbocycles. The second kappa shape index (κ2) is 11.2. The van der Waals surface area contributed by atoms with Crippen LogP contribution in [0.5, 0.6) is 23.0 Å². The summed E-state index contributed by atoms with van der Waals surface area (Å²) in [6.07, 6.45) is -9.30. The molecule has 4 rings (SSSR count). The number of fused-ring (bicyclic) bond motifs is 1. The average molecular weight is 535 g/mol. The molecule has 14 heteroatoms. The Morgan fingerprint density at radius 2 is 1.68 bits per heavy atom. The van der Waals surface area contributed by atoms with Crippen molar-refractivity contribution in [2.75, 3.05) is 20.3 Å². The van der Waals surface area contributed by atoms with E-state index in [1.54, 1.807) is 0 Å². The van der Waals surface area contributed by atoms with E-state index in [-0.39, 0.29) is 35.7 Å². The highest BCUT2D eigenvalue weighted by Gasteiger charge is 2.48. The fourth-order valence-electron chi connectivity index (χ4n) is 3.72. The van der Waals surface area contributed by atoms with Gasteiger partial charge in [-0.3, -0.25) is 14.4 Å². The quantitative estimate of drug-likeness (QED) is 0.110. The monoisotopic (exact) mass is 535 g/mol. The van der Waals surface area contributed by atoms with E-state index in [4.69, 9.17) is 23.5 Å². The third-order valence-electron chi connectivity index (χ3n) is 5.72. The van der Waals surface area contributed by atoms with Crippen LogP contribution in [0.4, 0.5) is 0 Å². The van der Waals surface area contributed by atoms with Crippen LogP contribution in [-0.4, -0.2) is 87.6 Å². The molecule has 0 bridgehead atoms. The van der Waals surface area contributed by atoms with E-state index >= 15 is 0 Å². The molecule has 0 radical (unpaired) electrons. The maximum absolute atomic E-state index is 12.7. The highest BCUT2D eigenvalue weighted by molar-refractivity contribution is 5.89. The van der Waals surface area contributed by atoms with Crippen LogP contribution in [0.15, 0.2) is 45.6 Å². The third-order valence-corrected chi connectivity index (χ3v) is 5.72. The second-order valence-corrected chi connectivity index (χ2v) is 8.29. The highest BCUT2D eigenvalue weighted by Crippen LogP contribution is 2.42. The average Bonchev–Trinajstić information content (AvgIpc) is 2.89. The van der Waals surface area contributed by atoms with Crippen molar-refractivity contribution in [2.24, 2.45) is 0 Å². The van der Waals surface area contributed by atoms with Gasteiger partial charge in [-0.05, 0) is 24.3 Å². The molecule has 0 unspecified atom stereocenters. The zero-order valence-corrected chi connectivity index (χ0v) is 19.8. The lowest BCUT2D eigenvalue weighted by molar-refractivity contribution is -0.269. The number of rotatable bonds is 8. The van der Waals surface area contributed by atoms with Gasteiger partial charge >= 0.3 is 0 Å². The van der Waals surface area contributed by atoms with Gasteiger partial charge in [-0.1, -0.05) is 0 Å². The van der Waals surface area contributed by atoms with Crippen molar-refractivity contribution in [3.05, 3.63) is 46.6 Å². The standard InChI is InChI=1S/C24H25NO13/c1-34-6-7-35-25-23(33)22-20(31)19(30)21(32)24(38-22)37-15-9-14-16(18(29)17(15)28)12(27)8-13(36-14)10-2-4-11(26)5-3-10/h2-5,8-9,19-22,24,26,28-32H,6-7H2,1H3,(H,25,33)/t19-,20-,21+,22-,24+/m0/s1. The largest absolute Gasteiger partial charge is 0.508 e. The van der Waals surface area contributed by atoms with Gasteiger partial charge in [0.2, 0.25) is 12.0 Å². The van der Waals surface area contributed by atoms with E-state index in [0.29, 0.717) is 5.56 Å². The highest BCUT2D eigenvalue weighted by atomic mass is 16.7. The van der Waals surface area contributed by atoms with E-state index in [2.05, 4.69) is 0 Å². The summed E-state index contributed by atoms with van der Waals surface area (Å²) in [4.78, 5) is 29.9. The summed E-state index contributed by atoms with van der Waals surface area (Å²) >= 11 is 0. The fraction of sp³-hybridized carbons (Fsp3) is 0.333. The van der Waals surface area contributed by atoms with Crippen molar-refractivity contribution < 1.29 is 58.9 Å². The molecule has 2 aromatic carbocycles. The summed E-state index contributed by atoms with van der Waals surface area (Å²) in [5, 5.41) is 60.9. The van der Waals surface area contributed by atoms with E-state index in [1.807, 2.05) is 5.48 Å². The zero-order valence-electron chi connectivity index (χ0n) is 19.8. The minimum Gasteiger partial charge on any atom is -0.508 e. The summed E-state index contributed by atoms with van der Waals surface area (Å²) in [6.45, 7) is 0.120. The van der Waals surface area contributed by atoms with Gasteiger partial charge in [0.25, 0.3) is 5.91 Å². The number of phenols is 3. The number of carbonyl (C=O) groups excluding carboxylic acids is 1. The lowest BCUT2D eigenvalue weighted by Gasteiger charge is -2.39. The zero-order chi connectivity index (χ0) is 27.6. The Balaban J connectivity index is 1.64. The first-order valence-electron chi connectivity index (χ1n) is 11.2. The molecule has 0 aliphatic carbocycles. The third kappa shape index (κ3) is 5.35. The summed E-state index contributed by atoms with van der Waals surface area (Å²) in [5.74, 6) is -3.30. The predicted molar refractivity (Wildman–Crippen MR) is 126 cm³/mol. The van der Waals surface area contributed by atoms with Gasteiger partial charge in [0, 0.05) is 24.8 Å². The van der Waals surface area contributed by atoms with Crippen LogP contribution < -0.4 is 15.6 Å². The molecule has 38 heavy (non-hydrogen) atoms. The van der Waals surface area contributed by atoms with Crippen LogP contribution >= 0.6 is 0 Å². The van der Waals surface area contributed by atoms with Crippen molar-refractivity contribution in [2.45, 2.75) is 30.7 Å². The number of benzene rings is 2. The molecular weight excluding hydrogens is 510 g/mol. The molecule has 7 N–H and O–H groups in total. The Hall–Kier alpha value is -3.92. The number of ether oxygens (including phenoxy) is 3. The Bertz CT molecular complexity index is 1360. The van der Waals surface area contributed by atoms with Gasteiger partial charge in [0.05, 0.1) is 13.2 Å². The van der Waals surface area contributed by atoms with Crippen LogP contribution in [0.1, 0.15) is 0 Å². The van der Waals surface area contributed by atoms with E-state index in [1.165, 1.54) is 31.4 Å². The number of aromatic hydroxyl groups is 3. The Kier molecular flexibility index (Phi) is 8.01. The number of hydrogen-bond acceptors (Lipinski definition) is 13. The molecule has 1 aliphatic heterocycles. The van der Waals surface area contributed by atoms with Crippen molar-refractivity contribution in [1.82, 2.24) is 5.48 Å². The predicted octanol–water partition coefficient (Wildman–Crippen LogP) is -0.543. The summed E-state index contributed by atoms with van der Waals surface area (Å²) in [5.41, 5.74) is 1.50. The molecule has 1 fully saturated rings. The molecule has 0 spiro atoms. The maximum Gasteiger partial charge on any atom is 0.275 e. The first kappa shape index (κ1) is 27.1. The number of methoxy groups -OCH3 is 1. The lowest BCUT2D eigenvalue weighted by atomic mass is 9.98. The van der Waals surface area contributed by atoms with Crippen molar-refractivity contribution in [3.8, 4) is 34.3 Å². The van der Waals surface area contributed by atoms with Crippen molar-refractivity contribution in [3.63, 3.8) is 0 Å². The molecule has 1 saturated heterocycles. The molecular formula is C24H25NO13. The number of hydroxylamine groups is 1. The Morgan fingerprint density at radius 3 is 2.37 bits per heavy atom. The van der Waals surface area contributed by atoms with Gasteiger partial charge in [0.1, 0.15) is 40.8 Å². The van der Waals surface area contributed by atoms with Crippen molar-refractivity contribution >= 4 is 16.9 Å². The van der Waals surface area contributed by atoms with Crippen LogP contribution in [-0.2, 0) is 19.1 Å². The molecule has 2 heterocycles. The second-order valence-electron chi connectivity index (χ2n) is 8.29. The van der Waals surface area contributed by atoms with Crippen LogP contribution in [0, 0.1) is 0 Å². The topological polar surface area (TPSA) is 218 Å². The smallest absolute Gasteiger partial charge is 0.275 e. The van der Waals surface area contributed by atoms with Gasteiger partial charge in [-0.15, -0.1) is 0 Å². The van der Waals surface area contributed by atoms with Gasteiger partial charge in [0.15, 0.2) is 23.0 Å². The number of phenolic OH excluding ortho intramolecular Hbond substituents is 3. The molecule has 5 atom stereocenters. The summed E-state index contributed by atoms with van der Waals surface area (Å²) in [6, 6.07) is 7.84. The SMILES string of the molecule is COCCONC(=O)[C@H]1O[C@@H](Oc2cc3oc(-c4ccc(O)cc4)cc(=O)c3c(O)c2O)[C@H](O)[C@@H](O)[C@@H]1O. The van der Waals surface area contributed by atoms with E-state index < -0.39 is 59.3 Å². The van der Waals surface area contributed by atoms with Crippen LogP contribution in [0.3, 0.4) is 0 Å². The molecule has 3 aromatic rings. The maximum atomic E-state index is 12.7. The molecule has 1 aromatic heterocycles. The molecule has 14 nitrogen and oxygen atoms in total. The minimum atomic E-state index is -1.92.